The number of benzene rings is 8. The highest BCUT2D eigenvalue weighted by Crippen LogP contribution is 2.47. The minimum Gasteiger partial charge on any atom is -0.310 e. The maximum Gasteiger partial charge on any atom is 0.0542 e. The predicted molar refractivity (Wildman–Crippen MR) is 234 cm³/mol. The minimum atomic E-state index is 0.587. The summed E-state index contributed by atoms with van der Waals surface area (Å²) in [5, 5.41) is 5.34. The van der Waals surface area contributed by atoms with E-state index >= 15 is 0 Å². The van der Waals surface area contributed by atoms with Crippen LogP contribution in [0.25, 0.3) is 64.3 Å². The van der Waals surface area contributed by atoms with Crippen molar-refractivity contribution in [2.45, 2.75) is 38.0 Å². The van der Waals surface area contributed by atoms with Crippen LogP contribution in [-0.2, 0) is 0 Å². The van der Waals surface area contributed by atoms with Gasteiger partial charge < -0.3 is 4.90 Å². The molecule has 1 aliphatic rings. The maximum absolute atomic E-state index is 2.52. The van der Waals surface area contributed by atoms with Gasteiger partial charge in [0.15, 0.2) is 0 Å². The SMILES string of the molecule is c1ccc(-c2cccc(-c3ccccc3)c2-c2ccc(N(c3ccc4c(c3)sc3ccccc34)c3cccc4cccc(C5CCCCC5)c34)cc2)cc1. The molecule has 1 aromatic heterocycles. The molecular formula is C52H41NS. The standard InChI is InChI=1S/C52H41NS/c1-4-15-36(16-5-1)43-25-14-26-44(37-17-6-2-7-18-37)51(43)40-29-31-41(32-30-40)53(42-33-34-47-46-23-10-11-28-49(46)54-50(47)35-42)48-27-13-22-39-21-12-24-45(52(39)48)38-19-8-3-9-20-38/h1-2,4-7,10-18,21-35,38H,3,8-9,19-20H2. The van der Waals surface area contributed by atoms with Crippen LogP contribution in [0, 0.1) is 0 Å². The Kier molecular flexibility index (Phi) is 8.54. The molecule has 1 fully saturated rings. The molecule has 260 valence electrons. The smallest absolute Gasteiger partial charge is 0.0542 e. The van der Waals surface area contributed by atoms with Gasteiger partial charge in [-0.3, -0.25) is 0 Å². The van der Waals surface area contributed by atoms with Crippen molar-refractivity contribution in [3.05, 3.63) is 188 Å². The third-order valence-corrected chi connectivity index (χ3v) is 12.6. The summed E-state index contributed by atoms with van der Waals surface area (Å²) >= 11 is 1.89. The Balaban J connectivity index is 1.18. The summed E-state index contributed by atoms with van der Waals surface area (Å²) in [6.45, 7) is 0. The summed E-state index contributed by atoms with van der Waals surface area (Å²) in [7, 11) is 0. The Hall–Kier alpha value is -5.96. The number of fused-ring (bicyclic) bond motifs is 4. The molecule has 0 atom stereocenters. The highest BCUT2D eigenvalue weighted by Gasteiger charge is 2.23. The zero-order valence-corrected chi connectivity index (χ0v) is 31.1. The first-order valence-corrected chi connectivity index (χ1v) is 20.2. The van der Waals surface area contributed by atoms with Crippen molar-refractivity contribution < 1.29 is 0 Å². The predicted octanol–water partition coefficient (Wildman–Crippen LogP) is 15.7. The van der Waals surface area contributed by atoms with Gasteiger partial charge in [0.05, 0.1) is 5.69 Å². The first-order chi connectivity index (χ1) is 26.8. The van der Waals surface area contributed by atoms with Gasteiger partial charge in [-0.15, -0.1) is 11.3 Å². The van der Waals surface area contributed by atoms with E-state index in [2.05, 4.69) is 187 Å². The highest BCUT2D eigenvalue weighted by molar-refractivity contribution is 7.25. The Bertz CT molecular complexity index is 2670. The third kappa shape index (κ3) is 5.88. The van der Waals surface area contributed by atoms with E-state index in [4.69, 9.17) is 0 Å². The topological polar surface area (TPSA) is 3.24 Å². The number of hydrogen-bond donors (Lipinski definition) is 0. The van der Waals surface area contributed by atoms with E-state index in [1.54, 1.807) is 0 Å². The first kappa shape index (κ1) is 32.7. The molecule has 0 bridgehead atoms. The summed E-state index contributed by atoms with van der Waals surface area (Å²) in [4.78, 5) is 2.52. The van der Waals surface area contributed by atoms with E-state index in [0.717, 1.165) is 5.69 Å². The van der Waals surface area contributed by atoms with E-state index in [-0.39, 0.29) is 0 Å². The summed E-state index contributed by atoms with van der Waals surface area (Å²) in [5.74, 6) is 0.587. The summed E-state index contributed by atoms with van der Waals surface area (Å²) in [6, 6.07) is 67.4. The van der Waals surface area contributed by atoms with Gasteiger partial charge in [0.25, 0.3) is 0 Å². The van der Waals surface area contributed by atoms with Gasteiger partial charge in [0.2, 0.25) is 0 Å². The van der Waals surface area contributed by atoms with E-state index in [1.165, 1.54) is 113 Å². The first-order valence-electron chi connectivity index (χ1n) is 19.4. The van der Waals surface area contributed by atoms with E-state index in [9.17, 15) is 0 Å². The van der Waals surface area contributed by atoms with Crippen LogP contribution in [0.15, 0.2) is 182 Å². The van der Waals surface area contributed by atoms with Gasteiger partial charge in [0, 0.05) is 36.9 Å². The largest absolute Gasteiger partial charge is 0.310 e. The zero-order chi connectivity index (χ0) is 35.8. The van der Waals surface area contributed by atoms with E-state index < -0.39 is 0 Å². The van der Waals surface area contributed by atoms with Crippen LogP contribution in [-0.4, -0.2) is 0 Å². The molecule has 2 heteroatoms. The molecule has 10 rings (SSSR count). The quantitative estimate of drug-likeness (QED) is 0.159. The van der Waals surface area contributed by atoms with Crippen molar-refractivity contribution in [2.75, 3.05) is 4.90 Å². The number of nitrogens with zero attached hydrogens (tertiary/aromatic N) is 1. The van der Waals surface area contributed by atoms with Gasteiger partial charge >= 0.3 is 0 Å². The van der Waals surface area contributed by atoms with Crippen LogP contribution in [0.4, 0.5) is 17.1 Å². The fourth-order valence-corrected chi connectivity index (χ4v) is 10.1. The maximum atomic E-state index is 2.52. The molecule has 0 aliphatic heterocycles. The van der Waals surface area contributed by atoms with Crippen molar-refractivity contribution in [1.29, 1.82) is 0 Å². The molecule has 8 aromatic carbocycles. The molecule has 0 radical (unpaired) electrons. The molecule has 9 aromatic rings. The molecule has 0 amide bonds. The van der Waals surface area contributed by atoms with Gasteiger partial charge in [0.1, 0.15) is 0 Å². The Morgan fingerprint density at radius 2 is 1.06 bits per heavy atom. The fourth-order valence-electron chi connectivity index (χ4n) is 8.93. The van der Waals surface area contributed by atoms with Crippen molar-refractivity contribution >= 4 is 59.3 Å². The molecule has 0 spiro atoms. The number of anilines is 3. The molecule has 1 heterocycles. The summed E-state index contributed by atoms with van der Waals surface area (Å²) in [5.41, 5.74) is 12.5. The third-order valence-electron chi connectivity index (χ3n) is 11.5. The van der Waals surface area contributed by atoms with Crippen molar-refractivity contribution in [2.24, 2.45) is 0 Å². The lowest BCUT2D eigenvalue weighted by molar-refractivity contribution is 0.445. The van der Waals surface area contributed by atoms with Crippen LogP contribution >= 0.6 is 11.3 Å². The highest BCUT2D eigenvalue weighted by atomic mass is 32.1. The lowest BCUT2D eigenvalue weighted by Gasteiger charge is -2.30. The molecule has 1 saturated carbocycles. The average Bonchev–Trinajstić information content (AvgIpc) is 3.62. The monoisotopic (exact) mass is 711 g/mol. The van der Waals surface area contributed by atoms with Gasteiger partial charge in [-0.1, -0.05) is 165 Å². The van der Waals surface area contributed by atoms with Crippen LogP contribution in [0.1, 0.15) is 43.6 Å². The second-order valence-corrected chi connectivity index (χ2v) is 15.8. The van der Waals surface area contributed by atoms with Crippen LogP contribution in [0.2, 0.25) is 0 Å². The molecule has 1 aliphatic carbocycles. The van der Waals surface area contributed by atoms with E-state index in [1.807, 2.05) is 11.3 Å². The van der Waals surface area contributed by atoms with Crippen molar-refractivity contribution in [3.63, 3.8) is 0 Å². The second-order valence-electron chi connectivity index (χ2n) is 14.7. The lowest BCUT2D eigenvalue weighted by atomic mass is 9.81. The Labute approximate surface area is 321 Å². The Morgan fingerprint density at radius 1 is 0.444 bits per heavy atom. The van der Waals surface area contributed by atoms with Gasteiger partial charge in [-0.2, -0.15) is 0 Å². The lowest BCUT2D eigenvalue weighted by Crippen LogP contribution is -2.12. The summed E-state index contributed by atoms with van der Waals surface area (Å²) < 4.78 is 2.64. The summed E-state index contributed by atoms with van der Waals surface area (Å²) in [6.07, 6.45) is 6.50. The normalized spacial score (nSPS) is 13.5. The Morgan fingerprint density at radius 3 is 1.78 bits per heavy atom. The van der Waals surface area contributed by atoms with Gasteiger partial charge in [-0.05, 0) is 99.5 Å². The molecule has 54 heavy (non-hydrogen) atoms. The molecule has 0 unspecified atom stereocenters. The van der Waals surface area contributed by atoms with Crippen LogP contribution in [0.3, 0.4) is 0 Å². The zero-order valence-electron chi connectivity index (χ0n) is 30.3. The van der Waals surface area contributed by atoms with Crippen LogP contribution < -0.4 is 4.90 Å². The number of hydrogen-bond acceptors (Lipinski definition) is 2. The molecule has 1 nitrogen and oxygen atoms in total. The van der Waals surface area contributed by atoms with Crippen molar-refractivity contribution in [1.82, 2.24) is 0 Å². The molecular weight excluding hydrogens is 671 g/mol. The average molecular weight is 712 g/mol. The fraction of sp³-hybridized carbons (Fsp3) is 0.115. The van der Waals surface area contributed by atoms with Crippen LogP contribution in [0.5, 0.6) is 0 Å². The number of thiophene rings is 1. The molecule has 0 saturated heterocycles. The number of rotatable bonds is 7. The second kappa shape index (κ2) is 14.1. The van der Waals surface area contributed by atoms with Gasteiger partial charge in [-0.25, -0.2) is 0 Å². The minimum absolute atomic E-state index is 0.587. The van der Waals surface area contributed by atoms with Crippen molar-refractivity contribution in [3.8, 4) is 33.4 Å². The van der Waals surface area contributed by atoms with E-state index in [0.29, 0.717) is 5.92 Å². The molecule has 0 N–H and O–H groups in total.